The Hall–Kier alpha value is -1.11. The Morgan fingerprint density at radius 3 is 2.11 bits per heavy atom. The zero-order valence-electron chi connectivity index (χ0n) is 13.1. The lowest BCUT2D eigenvalue weighted by molar-refractivity contribution is 0.610. The van der Waals surface area contributed by atoms with Gasteiger partial charge in [-0.25, -0.2) is 4.39 Å². The molecule has 1 aromatic rings. The first-order chi connectivity index (χ1) is 8.50. The molecule has 1 atom stereocenters. The molecule has 1 aromatic carbocycles. The van der Waals surface area contributed by atoms with E-state index in [1.165, 1.54) is 0 Å². The summed E-state index contributed by atoms with van der Waals surface area (Å²) in [6.45, 7) is 17.8. The highest BCUT2D eigenvalue weighted by Gasteiger charge is 2.05. The van der Waals surface area contributed by atoms with Crippen molar-refractivity contribution in [3.05, 3.63) is 47.3 Å². The van der Waals surface area contributed by atoms with Crippen molar-refractivity contribution in [3.63, 3.8) is 0 Å². The third-order valence-corrected chi connectivity index (χ3v) is 2.62. The van der Waals surface area contributed by atoms with E-state index in [1.807, 2.05) is 46.8 Å². The molecule has 0 nitrogen and oxygen atoms in total. The third kappa shape index (κ3) is 7.26. The molecule has 0 saturated carbocycles. The summed E-state index contributed by atoms with van der Waals surface area (Å²) in [7, 11) is 0. The van der Waals surface area contributed by atoms with Gasteiger partial charge in [-0.2, -0.15) is 0 Å². The molecule has 0 spiro atoms. The summed E-state index contributed by atoms with van der Waals surface area (Å²) < 4.78 is 13.2. The standard InChI is InChI=1S/C13H17F.2C2H6/c1-9(2)11(4)7-12-6-5-10(3)13(14)8-12;2*1-2/h5-6,8,11H,1,7H2,2-4H3;2*1-2H3. The molecule has 0 fully saturated rings. The monoisotopic (exact) mass is 252 g/mol. The van der Waals surface area contributed by atoms with Crippen molar-refractivity contribution in [1.29, 1.82) is 0 Å². The van der Waals surface area contributed by atoms with E-state index < -0.39 is 0 Å². The molecular weight excluding hydrogens is 223 g/mol. The van der Waals surface area contributed by atoms with Crippen molar-refractivity contribution in [3.8, 4) is 0 Å². The summed E-state index contributed by atoms with van der Waals surface area (Å²) in [5, 5.41) is 0. The van der Waals surface area contributed by atoms with E-state index >= 15 is 0 Å². The molecule has 0 bridgehead atoms. The molecule has 0 aliphatic heterocycles. The predicted octanol–water partition coefficient (Wildman–Crippen LogP) is 5.94. The Bertz CT molecular complexity index is 339. The summed E-state index contributed by atoms with van der Waals surface area (Å²) in [5.74, 6) is 0.300. The van der Waals surface area contributed by atoms with Crippen LogP contribution in [0.2, 0.25) is 0 Å². The highest BCUT2D eigenvalue weighted by atomic mass is 19.1. The Morgan fingerprint density at radius 1 is 1.22 bits per heavy atom. The Balaban J connectivity index is 0. The zero-order valence-corrected chi connectivity index (χ0v) is 13.1. The molecule has 0 aliphatic rings. The minimum Gasteiger partial charge on any atom is -0.207 e. The number of rotatable bonds is 3. The predicted molar refractivity (Wildman–Crippen MR) is 81.5 cm³/mol. The molecule has 0 saturated heterocycles. The van der Waals surface area contributed by atoms with Crippen LogP contribution in [-0.4, -0.2) is 0 Å². The smallest absolute Gasteiger partial charge is 0.126 e. The van der Waals surface area contributed by atoms with E-state index in [2.05, 4.69) is 13.5 Å². The lowest BCUT2D eigenvalue weighted by Crippen LogP contribution is -2.01. The number of halogens is 1. The number of benzene rings is 1. The zero-order chi connectivity index (χ0) is 14.7. The van der Waals surface area contributed by atoms with E-state index in [0.717, 1.165) is 17.6 Å². The molecule has 1 unspecified atom stereocenters. The van der Waals surface area contributed by atoms with Crippen LogP contribution in [-0.2, 0) is 6.42 Å². The lowest BCUT2D eigenvalue weighted by atomic mass is 9.95. The average molecular weight is 252 g/mol. The normalized spacial score (nSPS) is 10.4. The number of aryl methyl sites for hydroxylation is 1. The van der Waals surface area contributed by atoms with Gasteiger partial charge in [0, 0.05) is 0 Å². The highest BCUT2D eigenvalue weighted by molar-refractivity contribution is 5.24. The van der Waals surface area contributed by atoms with Crippen molar-refractivity contribution in [2.75, 3.05) is 0 Å². The van der Waals surface area contributed by atoms with Gasteiger partial charge in [-0.1, -0.05) is 58.9 Å². The van der Waals surface area contributed by atoms with Crippen LogP contribution in [0.1, 0.15) is 52.7 Å². The largest absolute Gasteiger partial charge is 0.207 e. The fraction of sp³-hybridized carbons (Fsp3) is 0.529. The van der Waals surface area contributed by atoms with E-state index in [4.69, 9.17) is 0 Å². The fourth-order valence-corrected chi connectivity index (χ4v) is 1.29. The van der Waals surface area contributed by atoms with E-state index in [1.54, 1.807) is 13.0 Å². The van der Waals surface area contributed by atoms with Gasteiger partial charge < -0.3 is 0 Å². The van der Waals surface area contributed by atoms with Crippen LogP contribution in [0.4, 0.5) is 4.39 Å². The Kier molecular flexibility index (Phi) is 11.8. The Morgan fingerprint density at radius 2 is 1.72 bits per heavy atom. The number of hydrogen-bond acceptors (Lipinski definition) is 0. The maximum absolute atomic E-state index is 13.2. The van der Waals surface area contributed by atoms with Crippen molar-refractivity contribution in [2.45, 2.75) is 54.9 Å². The molecular formula is C17H29F. The highest BCUT2D eigenvalue weighted by Crippen LogP contribution is 2.17. The first-order valence-corrected chi connectivity index (χ1v) is 6.91. The molecule has 0 radical (unpaired) electrons. The van der Waals surface area contributed by atoms with Crippen LogP contribution < -0.4 is 0 Å². The summed E-state index contributed by atoms with van der Waals surface area (Å²) in [6, 6.07) is 5.43. The summed E-state index contributed by atoms with van der Waals surface area (Å²) in [4.78, 5) is 0. The summed E-state index contributed by atoms with van der Waals surface area (Å²) in [6.07, 6.45) is 0.868. The van der Waals surface area contributed by atoms with E-state index in [0.29, 0.717) is 11.5 Å². The summed E-state index contributed by atoms with van der Waals surface area (Å²) in [5.41, 5.74) is 2.89. The lowest BCUT2D eigenvalue weighted by Gasteiger charge is -2.11. The second kappa shape index (κ2) is 11.0. The second-order valence-electron chi connectivity index (χ2n) is 4.04. The first kappa shape index (κ1) is 19.2. The second-order valence-corrected chi connectivity index (χ2v) is 4.04. The van der Waals surface area contributed by atoms with E-state index in [9.17, 15) is 4.39 Å². The van der Waals surface area contributed by atoms with Gasteiger partial charge in [-0.15, -0.1) is 0 Å². The molecule has 0 amide bonds. The van der Waals surface area contributed by atoms with Gasteiger partial charge in [0.1, 0.15) is 5.82 Å². The van der Waals surface area contributed by atoms with Crippen molar-refractivity contribution in [1.82, 2.24) is 0 Å². The topological polar surface area (TPSA) is 0 Å². The number of allylic oxidation sites excluding steroid dienone is 1. The Labute approximate surface area is 113 Å². The van der Waals surface area contributed by atoms with Crippen molar-refractivity contribution < 1.29 is 4.39 Å². The first-order valence-electron chi connectivity index (χ1n) is 6.91. The maximum atomic E-state index is 13.2. The van der Waals surface area contributed by atoms with Gasteiger partial charge in [0.15, 0.2) is 0 Å². The van der Waals surface area contributed by atoms with Crippen LogP contribution in [0.15, 0.2) is 30.4 Å². The van der Waals surface area contributed by atoms with Crippen molar-refractivity contribution >= 4 is 0 Å². The van der Waals surface area contributed by atoms with Crippen LogP contribution in [0.3, 0.4) is 0 Å². The van der Waals surface area contributed by atoms with Crippen LogP contribution in [0.5, 0.6) is 0 Å². The molecule has 0 aliphatic carbocycles. The van der Waals surface area contributed by atoms with Gasteiger partial charge in [0.25, 0.3) is 0 Å². The van der Waals surface area contributed by atoms with Gasteiger partial charge in [0.2, 0.25) is 0 Å². The summed E-state index contributed by atoms with van der Waals surface area (Å²) >= 11 is 0. The molecule has 0 N–H and O–H groups in total. The molecule has 0 aromatic heterocycles. The molecule has 1 heteroatoms. The third-order valence-electron chi connectivity index (χ3n) is 2.62. The minimum atomic E-state index is -0.114. The molecule has 18 heavy (non-hydrogen) atoms. The average Bonchev–Trinajstić information content (AvgIpc) is 2.38. The fourth-order valence-electron chi connectivity index (χ4n) is 1.29. The van der Waals surface area contributed by atoms with E-state index in [-0.39, 0.29) is 5.82 Å². The van der Waals surface area contributed by atoms with Crippen molar-refractivity contribution in [2.24, 2.45) is 5.92 Å². The van der Waals surface area contributed by atoms with Crippen LogP contribution >= 0.6 is 0 Å². The van der Waals surface area contributed by atoms with Gasteiger partial charge >= 0.3 is 0 Å². The van der Waals surface area contributed by atoms with Gasteiger partial charge in [0.05, 0.1) is 0 Å². The molecule has 1 rings (SSSR count). The maximum Gasteiger partial charge on any atom is 0.126 e. The molecule has 0 heterocycles. The van der Waals surface area contributed by atoms with Crippen LogP contribution in [0.25, 0.3) is 0 Å². The minimum absolute atomic E-state index is 0.114. The van der Waals surface area contributed by atoms with Crippen LogP contribution in [0, 0.1) is 18.7 Å². The SMILES string of the molecule is C=C(C)C(C)Cc1ccc(C)c(F)c1.CC.CC. The van der Waals surface area contributed by atoms with Gasteiger partial charge in [-0.05, 0) is 43.4 Å². The van der Waals surface area contributed by atoms with Gasteiger partial charge in [-0.3, -0.25) is 0 Å². The quantitative estimate of drug-likeness (QED) is 0.584. The molecule has 104 valence electrons. The number of hydrogen-bond donors (Lipinski definition) is 0.